The van der Waals surface area contributed by atoms with Crippen LogP contribution in [0.25, 0.3) is 0 Å². The predicted molar refractivity (Wildman–Crippen MR) is 105 cm³/mol. The van der Waals surface area contributed by atoms with E-state index >= 15 is 0 Å². The van der Waals surface area contributed by atoms with Gasteiger partial charge in [0.15, 0.2) is 0 Å². The Morgan fingerprint density at radius 2 is 1.46 bits per heavy atom. The summed E-state index contributed by atoms with van der Waals surface area (Å²) in [5.74, 6) is 0.863. The summed E-state index contributed by atoms with van der Waals surface area (Å²) in [5, 5.41) is 7.28. The molecule has 0 radical (unpaired) electrons. The molecule has 0 aliphatic carbocycles. The van der Waals surface area contributed by atoms with Gasteiger partial charge in [0.2, 0.25) is 0 Å². The second-order valence-electron chi connectivity index (χ2n) is 6.03. The number of urea groups is 1. The standard InChI is InChI=1S/C19H23N5O2/c1-26-18-8-6-16(7-9-18)23-12-10-22(11-13-23)15-2-4-17(5-3-15)24(14-20)19(21)25/h2-9,14,20H,10-13H2,1H3,(H2,21,25). The van der Waals surface area contributed by atoms with E-state index in [0.717, 1.165) is 48.9 Å². The molecule has 1 aliphatic rings. The number of primary amides is 1. The van der Waals surface area contributed by atoms with E-state index < -0.39 is 6.03 Å². The lowest BCUT2D eigenvalue weighted by Gasteiger charge is -2.37. The Kier molecular flexibility index (Phi) is 5.26. The molecule has 0 spiro atoms. The zero-order chi connectivity index (χ0) is 18.5. The van der Waals surface area contributed by atoms with Crippen molar-refractivity contribution in [1.29, 1.82) is 5.41 Å². The summed E-state index contributed by atoms with van der Waals surface area (Å²) in [6, 6.07) is 15.0. The van der Waals surface area contributed by atoms with Gasteiger partial charge in [-0.25, -0.2) is 4.79 Å². The van der Waals surface area contributed by atoms with Gasteiger partial charge in [-0.15, -0.1) is 0 Å². The van der Waals surface area contributed by atoms with Crippen molar-refractivity contribution in [3.63, 3.8) is 0 Å². The number of nitrogens with zero attached hydrogens (tertiary/aromatic N) is 3. The van der Waals surface area contributed by atoms with Crippen LogP contribution in [-0.2, 0) is 0 Å². The first-order chi connectivity index (χ1) is 12.6. The van der Waals surface area contributed by atoms with Crippen molar-refractivity contribution < 1.29 is 9.53 Å². The third-order valence-electron chi connectivity index (χ3n) is 4.58. The van der Waals surface area contributed by atoms with Crippen molar-refractivity contribution in [2.45, 2.75) is 0 Å². The number of hydrogen-bond acceptors (Lipinski definition) is 5. The van der Waals surface area contributed by atoms with Crippen LogP contribution in [0.1, 0.15) is 0 Å². The van der Waals surface area contributed by atoms with Crippen LogP contribution in [0.2, 0.25) is 0 Å². The Balaban J connectivity index is 1.62. The van der Waals surface area contributed by atoms with Crippen molar-refractivity contribution in [3.05, 3.63) is 48.5 Å². The molecule has 1 fully saturated rings. The van der Waals surface area contributed by atoms with E-state index in [1.54, 1.807) is 19.2 Å². The molecule has 7 heteroatoms. The molecular weight excluding hydrogens is 330 g/mol. The van der Waals surface area contributed by atoms with Crippen molar-refractivity contribution in [2.24, 2.45) is 5.73 Å². The Morgan fingerprint density at radius 1 is 1.00 bits per heavy atom. The highest BCUT2D eigenvalue weighted by atomic mass is 16.5. The van der Waals surface area contributed by atoms with Crippen LogP contribution in [0.15, 0.2) is 48.5 Å². The number of carbonyl (C=O) groups excluding carboxylic acids is 1. The average Bonchev–Trinajstić information content (AvgIpc) is 2.69. The minimum Gasteiger partial charge on any atom is -0.497 e. The summed E-state index contributed by atoms with van der Waals surface area (Å²) in [5.41, 5.74) is 8.14. The summed E-state index contributed by atoms with van der Waals surface area (Å²) in [6.07, 6.45) is 0.922. The third kappa shape index (κ3) is 3.72. The maximum atomic E-state index is 11.3. The van der Waals surface area contributed by atoms with Gasteiger partial charge in [0.05, 0.1) is 19.1 Å². The molecule has 0 aromatic heterocycles. The fourth-order valence-electron chi connectivity index (χ4n) is 3.11. The van der Waals surface area contributed by atoms with Gasteiger partial charge in [-0.2, -0.15) is 0 Å². The number of carbonyl (C=O) groups is 1. The Hall–Kier alpha value is -3.22. The topological polar surface area (TPSA) is 85.9 Å². The highest BCUT2D eigenvalue weighted by Gasteiger charge is 2.18. The SMILES string of the molecule is COc1ccc(N2CCN(c3ccc(N(C=N)C(N)=O)cc3)CC2)cc1. The highest BCUT2D eigenvalue weighted by molar-refractivity contribution is 6.05. The summed E-state index contributed by atoms with van der Waals surface area (Å²) >= 11 is 0. The van der Waals surface area contributed by atoms with E-state index in [-0.39, 0.29) is 0 Å². The van der Waals surface area contributed by atoms with Crippen molar-refractivity contribution in [3.8, 4) is 5.75 Å². The number of hydrogen-bond donors (Lipinski definition) is 2. The number of ether oxygens (including phenoxy) is 1. The fourth-order valence-corrected chi connectivity index (χ4v) is 3.11. The molecule has 3 N–H and O–H groups in total. The van der Waals surface area contributed by atoms with Crippen LogP contribution in [0.4, 0.5) is 21.9 Å². The van der Waals surface area contributed by atoms with E-state index in [1.165, 1.54) is 5.69 Å². The zero-order valence-electron chi connectivity index (χ0n) is 14.8. The number of anilines is 3. The van der Waals surface area contributed by atoms with Crippen LogP contribution < -0.4 is 25.2 Å². The number of benzene rings is 2. The minimum atomic E-state index is -0.666. The maximum absolute atomic E-state index is 11.3. The first kappa shape index (κ1) is 17.6. The van der Waals surface area contributed by atoms with Crippen LogP contribution in [0.5, 0.6) is 5.75 Å². The average molecular weight is 353 g/mol. The number of methoxy groups -OCH3 is 1. The molecule has 2 amide bonds. The Labute approximate surface area is 153 Å². The van der Waals surface area contributed by atoms with Gasteiger partial charge in [-0.1, -0.05) is 0 Å². The maximum Gasteiger partial charge on any atom is 0.324 e. The Bertz CT molecular complexity index is 753. The molecule has 0 saturated carbocycles. The monoisotopic (exact) mass is 353 g/mol. The molecule has 2 aromatic rings. The van der Waals surface area contributed by atoms with E-state index in [2.05, 4.69) is 21.9 Å². The number of amides is 2. The molecular formula is C19H23N5O2. The van der Waals surface area contributed by atoms with Crippen LogP contribution >= 0.6 is 0 Å². The molecule has 1 heterocycles. The summed E-state index contributed by atoms with van der Waals surface area (Å²) in [4.78, 5) is 17.1. The lowest BCUT2D eigenvalue weighted by Crippen LogP contribution is -2.46. The normalized spacial score (nSPS) is 14.0. The Morgan fingerprint density at radius 3 is 1.85 bits per heavy atom. The molecule has 26 heavy (non-hydrogen) atoms. The largest absolute Gasteiger partial charge is 0.497 e. The quantitative estimate of drug-likeness (QED) is 0.639. The van der Waals surface area contributed by atoms with E-state index in [1.807, 2.05) is 24.3 Å². The molecule has 0 atom stereocenters. The molecule has 3 rings (SSSR count). The molecule has 1 saturated heterocycles. The number of piperazine rings is 1. The van der Waals surface area contributed by atoms with Crippen molar-refractivity contribution in [1.82, 2.24) is 0 Å². The summed E-state index contributed by atoms with van der Waals surface area (Å²) in [6.45, 7) is 3.69. The molecule has 7 nitrogen and oxygen atoms in total. The lowest BCUT2D eigenvalue weighted by atomic mass is 10.2. The van der Waals surface area contributed by atoms with Gasteiger partial charge in [0, 0.05) is 37.6 Å². The van der Waals surface area contributed by atoms with Gasteiger partial charge in [-0.3, -0.25) is 10.3 Å². The first-order valence-electron chi connectivity index (χ1n) is 8.45. The van der Waals surface area contributed by atoms with Crippen LogP contribution in [0.3, 0.4) is 0 Å². The molecule has 0 unspecified atom stereocenters. The summed E-state index contributed by atoms with van der Waals surface area (Å²) < 4.78 is 5.21. The zero-order valence-corrected chi connectivity index (χ0v) is 14.8. The number of nitrogens with one attached hydrogen (secondary N) is 1. The van der Waals surface area contributed by atoms with Gasteiger partial charge >= 0.3 is 6.03 Å². The number of rotatable bonds is 5. The third-order valence-corrected chi connectivity index (χ3v) is 4.58. The lowest BCUT2D eigenvalue weighted by molar-refractivity contribution is 0.256. The number of nitrogens with two attached hydrogens (primary N) is 1. The molecule has 0 bridgehead atoms. The highest BCUT2D eigenvalue weighted by Crippen LogP contribution is 2.24. The van der Waals surface area contributed by atoms with E-state index in [9.17, 15) is 4.79 Å². The molecule has 136 valence electrons. The second-order valence-corrected chi connectivity index (χ2v) is 6.03. The predicted octanol–water partition coefficient (Wildman–Crippen LogP) is 2.51. The van der Waals surface area contributed by atoms with Gasteiger partial charge in [-0.05, 0) is 48.5 Å². The molecule has 1 aliphatic heterocycles. The molecule has 2 aromatic carbocycles. The second kappa shape index (κ2) is 7.77. The minimum absolute atomic E-state index is 0.591. The van der Waals surface area contributed by atoms with Crippen molar-refractivity contribution >= 4 is 29.4 Å². The van der Waals surface area contributed by atoms with Crippen LogP contribution in [0, 0.1) is 5.41 Å². The summed E-state index contributed by atoms with van der Waals surface area (Å²) in [7, 11) is 1.67. The van der Waals surface area contributed by atoms with Gasteiger partial charge in [0.25, 0.3) is 0 Å². The van der Waals surface area contributed by atoms with Crippen molar-refractivity contribution in [2.75, 3.05) is 48.0 Å². The first-order valence-corrected chi connectivity index (χ1v) is 8.45. The van der Waals surface area contributed by atoms with E-state index in [0.29, 0.717) is 5.69 Å². The smallest absolute Gasteiger partial charge is 0.324 e. The van der Waals surface area contributed by atoms with Gasteiger partial charge < -0.3 is 20.3 Å². The van der Waals surface area contributed by atoms with Gasteiger partial charge in [0.1, 0.15) is 5.75 Å². The fraction of sp³-hybridized carbons (Fsp3) is 0.263. The van der Waals surface area contributed by atoms with E-state index in [4.69, 9.17) is 15.9 Å². The van der Waals surface area contributed by atoms with Crippen LogP contribution in [-0.4, -0.2) is 45.7 Å².